The van der Waals surface area contributed by atoms with Crippen LogP contribution in [0.3, 0.4) is 0 Å². The minimum absolute atomic E-state index is 0.241. The van der Waals surface area contributed by atoms with Crippen LogP contribution in [0.5, 0.6) is 0 Å². The molecule has 0 saturated heterocycles. The zero-order valence-corrected chi connectivity index (χ0v) is 10.4. The molecule has 0 aromatic heterocycles. The normalized spacial score (nSPS) is 17.5. The Bertz CT molecular complexity index is 366. The second kappa shape index (κ2) is 5.46. The first-order valence-corrected chi connectivity index (χ1v) is 6.46. The third kappa shape index (κ3) is 2.42. The lowest BCUT2D eigenvalue weighted by Crippen LogP contribution is -2.44. The van der Waals surface area contributed by atoms with Gasteiger partial charge in [-0.25, -0.2) is 0 Å². The Morgan fingerprint density at radius 3 is 2.53 bits per heavy atom. The van der Waals surface area contributed by atoms with Crippen molar-refractivity contribution >= 4 is 5.78 Å². The number of Topliss-reactive ketones (excluding diaryl/α,β-unsaturated/α-hetero) is 1. The van der Waals surface area contributed by atoms with Gasteiger partial charge in [0, 0.05) is 6.61 Å². The Hall–Kier alpha value is -1.15. The van der Waals surface area contributed by atoms with Gasteiger partial charge >= 0.3 is 0 Å². The van der Waals surface area contributed by atoms with Crippen molar-refractivity contribution in [3.63, 3.8) is 0 Å². The first-order valence-electron chi connectivity index (χ1n) is 6.46. The predicted molar refractivity (Wildman–Crippen MR) is 68.1 cm³/mol. The molecule has 0 spiro atoms. The molecule has 1 fully saturated rings. The van der Waals surface area contributed by atoms with Crippen LogP contribution >= 0.6 is 0 Å². The molecule has 1 aromatic rings. The summed E-state index contributed by atoms with van der Waals surface area (Å²) in [5.41, 5.74) is 0.922. The zero-order chi connectivity index (χ0) is 12.1. The summed E-state index contributed by atoms with van der Waals surface area (Å²) in [5.74, 6) is 0.253. The lowest BCUT2D eigenvalue weighted by atomic mass is 9.62. The van der Waals surface area contributed by atoms with Crippen LogP contribution in [0.15, 0.2) is 30.3 Å². The monoisotopic (exact) mass is 232 g/mol. The van der Waals surface area contributed by atoms with Gasteiger partial charge in [0.2, 0.25) is 0 Å². The second-order valence-corrected chi connectivity index (χ2v) is 4.78. The molecule has 0 aliphatic heterocycles. The van der Waals surface area contributed by atoms with Crippen LogP contribution in [-0.2, 0) is 14.9 Å². The van der Waals surface area contributed by atoms with Crippen molar-refractivity contribution in [1.82, 2.24) is 0 Å². The van der Waals surface area contributed by atoms with E-state index in [-0.39, 0.29) is 17.8 Å². The van der Waals surface area contributed by atoms with Gasteiger partial charge in [0.1, 0.15) is 6.61 Å². The molecule has 17 heavy (non-hydrogen) atoms. The molecule has 0 atom stereocenters. The summed E-state index contributed by atoms with van der Waals surface area (Å²) in [6, 6.07) is 10.1. The number of carbonyl (C=O) groups excluding carboxylic acids is 1. The molecule has 0 bridgehead atoms. The number of rotatable bonds is 6. The van der Waals surface area contributed by atoms with E-state index in [0.29, 0.717) is 6.61 Å². The first-order chi connectivity index (χ1) is 8.29. The van der Waals surface area contributed by atoms with Gasteiger partial charge in [-0.2, -0.15) is 0 Å². The molecular formula is C15H20O2. The largest absolute Gasteiger partial charge is 0.374 e. The van der Waals surface area contributed by atoms with Crippen LogP contribution in [0.1, 0.15) is 38.2 Å². The molecule has 0 radical (unpaired) electrons. The van der Waals surface area contributed by atoms with Crippen LogP contribution in [0, 0.1) is 0 Å². The van der Waals surface area contributed by atoms with Gasteiger partial charge in [-0.15, -0.1) is 0 Å². The average Bonchev–Trinajstić information content (AvgIpc) is 2.29. The van der Waals surface area contributed by atoms with E-state index in [2.05, 4.69) is 19.1 Å². The maximum atomic E-state index is 12.3. The highest BCUT2D eigenvalue weighted by atomic mass is 16.5. The van der Waals surface area contributed by atoms with E-state index in [4.69, 9.17) is 4.74 Å². The van der Waals surface area contributed by atoms with Crippen LogP contribution < -0.4 is 0 Å². The Morgan fingerprint density at radius 2 is 2.00 bits per heavy atom. The summed E-state index contributed by atoms with van der Waals surface area (Å²) < 4.78 is 5.40. The van der Waals surface area contributed by atoms with E-state index in [1.165, 1.54) is 0 Å². The lowest BCUT2D eigenvalue weighted by molar-refractivity contribution is -0.132. The van der Waals surface area contributed by atoms with E-state index in [0.717, 1.165) is 31.2 Å². The summed E-state index contributed by atoms with van der Waals surface area (Å²) in [4.78, 5) is 12.3. The lowest BCUT2D eigenvalue weighted by Gasteiger charge is -2.40. The van der Waals surface area contributed by atoms with Crippen LogP contribution in [-0.4, -0.2) is 19.0 Å². The SMILES string of the molecule is CCCOCC(=O)C1(c2ccccc2)CCC1. The van der Waals surface area contributed by atoms with Gasteiger partial charge in [-0.05, 0) is 24.8 Å². The van der Waals surface area contributed by atoms with Gasteiger partial charge < -0.3 is 4.74 Å². The third-order valence-electron chi connectivity index (χ3n) is 3.65. The van der Waals surface area contributed by atoms with Crippen molar-refractivity contribution < 1.29 is 9.53 Å². The van der Waals surface area contributed by atoms with Gasteiger partial charge in [-0.1, -0.05) is 43.7 Å². The molecule has 2 rings (SSSR count). The summed E-state index contributed by atoms with van der Waals surface area (Å²) in [7, 11) is 0. The Balaban J connectivity index is 2.07. The van der Waals surface area contributed by atoms with E-state index < -0.39 is 0 Å². The number of benzene rings is 1. The minimum Gasteiger partial charge on any atom is -0.374 e. The Morgan fingerprint density at radius 1 is 1.29 bits per heavy atom. The molecule has 1 aliphatic carbocycles. The summed E-state index contributed by atoms with van der Waals surface area (Å²) in [6.45, 7) is 3.00. The van der Waals surface area contributed by atoms with Crippen molar-refractivity contribution in [3.8, 4) is 0 Å². The third-order valence-corrected chi connectivity index (χ3v) is 3.65. The molecule has 1 aromatic carbocycles. The summed E-state index contributed by atoms with van der Waals surface area (Å²) in [6.07, 6.45) is 4.07. The number of carbonyl (C=O) groups is 1. The molecule has 0 heterocycles. The average molecular weight is 232 g/mol. The molecule has 92 valence electrons. The highest BCUT2D eigenvalue weighted by Crippen LogP contribution is 2.44. The quantitative estimate of drug-likeness (QED) is 0.704. The zero-order valence-electron chi connectivity index (χ0n) is 10.4. The van der Waals surface area contributed by atoms with E-state index in [1.807, 2.05) is 18.2 Å². The summed E-state index contributed by atoms with van der Waals surface area (Å²) >= 11 is 0. The number of ketones is 1. The van der Waals surface area contributed by atoms with Crippen LogP contribution in [0.4, 0.5) is 0 Å². The van der Waals surface area contributed by atoms with E-state index in [1.54, 1.807) is 0 Å². The predicted octanol–water partition coefficient (Wildman–Crippen LogP) is 3.10. The maximum absolute atomic E-state index is 12.3. The highest BCUT2D eigenvalue weighted by molar-refractivity contribution is 5.92. The van der Waals surface area contributed by atoms with Gasteiger partial charge in [0.05, 0.1) is 5.41 Å². The van der Waals surface area contributed by atoms with E-state index >= 15 is 0 Å². The molecular weight excluding hydrogens is 212 g/mol. The summed E-state index contributed by atoms with van der Waals surface area (Å²) in [5, 5.41) is 0. The molecule has 2 heteroatoms. The fourth-order valence-electron chi connectivity index (χ4n) is 2.46. The van der Waals surface area contributed by atoms with Crippen molar-refractivity contribution in [2.75, 3.05) is 13.2 Å². The second-order valence-electron chi connectivity index (χ2n) is 4.78. The molecule has 1 aliphatic rings. The number of hydrogen-bond donors (Lipinski definition) is 0. The van der Waals surface area contributed by atoms with Crippen LogP contribution in [0.25, 0.3) is 0 Å². The first kappa shape index (κ1) is 12.3. The van der Waals surface area contributed by atoms with Crippen molar-refractivity contribution in [2.24, 2.45) is 0 Å². The van der Waals surface area contributed by atoms with Gasteiger partial charge in [-0.3, -0.25) is 4.79 Å². The van der Waals surface area contributed by atoms with Crippen molar-refractivity contribution in [1.29, 1.82) is 0 Å². The molecule has 1 saturated carbocycles. The van der Waals surface area contributed by atoms with Crippen molar-refractivity contribution in [2.45, 2.75) is 38.0 Å². The van der Waals surface area contributed by atoms with Gasteiger partial charge in [0.15, 0.2) is 5.78 Å². The number of hydrogen-bond acceptors (Lipinski definition) is 2. The highest BCUT2D eigenvalue weighted by Gasteiger charge is 2.44. The van der Waals surface area contributed by atoms with Crippen LogP contribution in [0.2, 0.25) is 0 Å². The van der Waals surface area contributed by atoms with Gasteiger partial charge in [0.25, 0.3) is 0 Å². The Kier molecular flexibility index (Phi) is 3.95. The maximum Gasteiger partial charge on any atom is 0.168 e. The fraction of sp³-hybridized carbons (Fsp3) is 0.533. The number of ether oxygens (including phenoxy) is 1. The van der Waals surface area contributed by atoms with E-state index in [9.17, 15) is 4.79 Å². The molecule has 0 unspecified atom stereocenters. The fourth-order valence-corrected chi connectivity index (χ4v) is 2.46. The smallest absolute Gasteiger partial charge is 0.168 e. The minimum atomic E-state index is -0.241. The van der Waals surface area contributed by atoms with Crippen molar-refractivity contribution in [3.05, 3.63) is 35.9 Å². The molecule has 2 nitrogen and oxygen atoms in total. The standard InChI is InChI=1S/C15H20O2/c1-2-11-17-12-14(16)15(9-6-10-15)13-7-4-3-5-8-13/h3-5,7-8H,2,6,9-12H2,1H3. The molecule has 0 amide bonds. The molecule has 0 N–H and O–H groups in total. The Labute approximate surface area is 103 Å². The topological polar surface area (TPSA) is 26.3 Å².